The van der Waals surface area contributed by atoms with Crippen LogP contribution in [-0.4, -0.2) is 17.2 Å². The van der Waals surface area contributed by atoms with Gasteiger partial charge in [0.15, 0.2) is 0 Å². The highest BCUT2D eigenvalue weighted by molar-refractivity contribution is 6.59. The molecule has 0 amide bonds. The maximum Gasteiger partial charge on any atom is 0.488 e. The van der Waals surface area contributed by atoms with Gasteiger partial charge in [-0.25, -0.2) is 0 Å². The first-order valence-electron chi connectivity index (χ1n) is 5.04. The van der Waals surface area contributed by atoms with Crippen LogP contribution >= 0.6 is 0 Å². The van der Waals surface area contributed by atoms with Crippen LogP contribution in [0, 0.1) is 18.3 Å². The molecule has 3 nitrogen and oxygen atoms in total. The van der Waals surface area contributed by atoms with Crippen LogP contribution in [0.15, 0.2) is 12.1 Å². The van der Waals surface area contributed by atoms with Crippen molar-refractivity contribution < 1.29 is 10.0 Å². The zero-order valence-electron chi connectivity index (χ0n) is 8.57. The maximum absolute atomic E-state index is 9.20. The zero-order valence-corrected chi connectivity index (χ0v) is 8.57. The summed E-state index contributed by atoms with van der Waals surface area (Å²) in [6.07, 6.45) is 2.27. The molecule has 1 aromatic rings. The van der Waals surface area contributed by atoms with Crippen molar-refractivity contribution in [2.75, 3.05) is 0 Å². The van der Waals surface area contributed by atoms with Crippen LogP contribution in [0.3, 0.4) is 0 Å². The van der Waals surface area contributed by atoms with Gasteiger partial charge in [0.05, 0.1) is 11.6 Å². The minimum atomic E-state index is -1.49. The van der Waals surface area contributed by atoms with Gasteiger partial charge >= 0.3 is 7.12 Å². The van der Waals surface area contributed by atoms with E-state index in [9.17, 15) is 10.0 Å². The normalized spacial score (nSPS) is 14.8. The third-order valence-corrected chi connectivity index (χ3v) is 2.92. The minimum Gasteiger partial charge on any atom is -0.423 e. The van der Waals surface area contributed by atoms with Crippen LogP contribution < -0.4 is 5.46 Å². The van der Waals surface area contributed by atoms with Crippen LogP contribution in [0.1, 0.15) is 35.4 Å². The monoisotopic (exact) mass is 201 g/mol. The van der Waals surface area contributed by atoms with E-state index in [-0.39, 0.29) is 0 Å². The molecule has 0 atom stereocenters. The first-order valence-corrected chi connectivity index (χ1v) is 5.04. The minimum absolute atomic E-state index is 0.455. The predicted molar refractivity (Wildman–Crippen MR) is 57.7 cm³/mol. The van der Waals surface area contributed by atoms with Gasteiger partial charge in [0.25, 0.3) is 0 Å². The Labute approximate surface area is 89.1 Å². The number of hydrogen-bond acceptors (Lipinski definition) is 3. The Morgan fingerprint density at radius 1 is 1.40 bits per heavy atom. The second-order valence-electron chi connectivity index (χ2n) is 4.04. The Morgan fingerprint density at radius 3 is 2.53 bits per heavy atom. The summed E-state index contributed by atoms with van der Waals surface area (Å²) in [5.74, 6) is 0.509. The van der Waals surface area contributed by atoms with Crippen molar-refractivity contribution in [1.82, 2.24) is 0 Å². The second-order valence-corrected chi connectivity index (χ2v) is 4.04. The van der Waals surface area contributed by atoms with E-state index in [1.54, 1.807) is 13.0 Å². The lowest BCUT2D eigenvalue weighted by molar-refractivity contribution is 0.425. The quantitative estimate of drug-likeness (QED) is 0.681. The first-order chi connectivity index (χ1) is 7.13. The van der Waals surface area contributed by atoms with E-state index in [1.807, 2.05) is 6.07 Å². The first kappa shape index (κ1) is 10.2. The summed E-state index contributed by atoms with van der Waals surface area (Å²) in [6.45, 7) is 1.74. The predicted octanol–water partition coefficient (Wildman–Crippen LogP) is 0.424. The number of benzene rings is 1. The molecule has 76 valence electrons. The smallest absolute Gasteiger partial charge is 0.423 e. The molecular formula is C11H12BNO2. The summed E-state index contributed by atoms with van der Waals surface area (Å²) < 4.78 is 0. The van der Waals surface area contributed by atoms with E-state index in [0.29, 0.717) is 22.5 Å². The Bertz CT molecular complexity index is 433. The SMILES string of the molecule is Cc1c(C#N)cc(C2CC2)cc1B(O)O. The molecule has 1 saturated carbocycles. The Hall–Kier alpha value is -1.31. The van der Waals surface area contributed by atoms with E-state index < -0.39 is 7.12 Å². The molecule has 2 rings (SSSR count). The average Bonchev–Trinajstić information content (AvgIpc) is 3.01. The average molecular weight is 201 g/mol. The summed E-state index contributed by atoms with van der Waals surface area (Å²) in [5, 5.41) is 27.3. The van der Waals surface area contributed by atoms with Gasteiger partial charge < -0.3 is 10.0 Å². The van der Waals surface area contributed by atoms with Crippen molar-refractivity contribution in [1.29, 1.82) is 5.26 Å². The zero-order chi connectivity index (χ0) is 11.0. The fraction of sp³-hybridized carbons (Fsp3) is 0.364. The van der Waals surface area contributed by atoms with Gasteiger partial charge in [0, 0.05) is 0 Å². The van der Waals surface area contributed by atoms with E-state index in [4.69, 9.17) is 5.26 Å². The van der Waals surface area contributed by atoms with Crippen LogP contribution in [0.5, 0.6) is 0 Å². The van der Waals surface area contributed by atoms with Gasteiger partial charge in [-0.15, -0.1) is 0 Å². The van der Waals surface area contributed by atoms with E-state index in [0.717, 1.165) is 18.4 Å². The van der Waals surface area contributed by atoms with Crippen molar-refractivity contribution in [2.24, 2.45) is 0 Å². The van der Waals surface area contributed by atoms with E-state index >= 15 is 0 Å². The van der Waals surface area contributed by atoms with Crippen LogP contribution in [0.25, 0.3) is 0 Å². The lowest BCUT2D eigenvalue weighted by Gasteiger charge is -2.09. The van der Waals surface area contributed by atoms with Crippen molar-refractivity contribution in [3.05, 3.63) is 28.8 Å². The topological polar surface area (TPSA) is 64.2 Å². The Morgan fingerprint density at radius 2 is 2.07 bits per heavy atom. The molecule has 0 bridgehead atoms. The van der Waals surface area contributed by atoms with Gasteiger partial charge in [-0.05, 0) is 48.3 Å². The number of hydrogen-bond donors (Lipinski definition) is 2. The maximum atomic E-state index is 9.20. The van der Waals surface area contributed by atoms with Crippen molar-refractivity contribution in [3.63, 3.8) is 0 Å². The molecule has 2 N–H and O–H groups in total. The molecule has 1 fully saturated rings. The summed E-state index contributed by atoms with van der Waals surface area (Å²) in [5.41, 5.74) is 2.72. The molecule has 0 spiro atoms. The molecule has 0 unspecified atom stereocenters. The summed E-state index contributed by atoms with van der Waals surface area (Å²) in [6, 6.07) is 5.76. The van der Waals surface area contributed by atoms with Crippen molar-refractivity contribution in [3.8, 4) is 6.07 Å². The fourth-order valence-corrected chi connectivity index (χ4v) is 1.80. The van der Waals surface area contributed by atoms with Crippen molar-refractivity contribution >= 4 is 12.6 Å². The molecule has 0 radical (unpaired) electrons. The van der Waals surface area contributed by atoms with E-state index in [2.05, 4.69) is 6.07 Å². The van der Waals surface area contributed by atoms with Crippen LogP contribution in [-0.2, 0) is 0 Å². The van der Waals surface area contributed by atoms with Crippen LogP contribution in [0.4, 0.5) is 0 Å². The third-order valence-electron chi connectivity index (χ3n) is 2.92. The molecule has 1 aliphatic rings. The van der Waals surface area contributed by atoms with Gasteiger partial charge in [-0.1, -0.05) is 6.07 Å². The molecular weight excluding hydrogens is 189 g/mol. The van der Waals surface area contributed by atoms with E-state index in [1.165, 1.54) is 0 Å². The molecule has 0 aliphatic heterocycles. The van der Waals surface area contributed by atoms with Crippen molar-refractivity contribution in [2.45, 2.75) is 25.7 Å². The highest BCUT2D eigenvalue weighted by atomic mass is 16.4. The highest BCUT2D eigenvalue weighted by Crippen LogP contribution is 2.40. The molecule has 15 heavy (non-hydrogen) atoms. The van der Waals surface area contributed by atoms with Gasteiger partial charge in [-0.2, -0.15) is 5.26 Å². The second kappa shape index (κ2) is 3.69. The number of nitrogens with zero attached hydrogens (tertiary/aromatic N) is 1. The summed E-state index contributed by atoms with van der Waals surface area (Å²) in [4.78, 5) is 0. The number of rotatable bonds is 2. The molecule has 1 aromatic carbocycles. The molecule has 0 aromatic heterocycles. The third kappa shape index (κ3) is 1.89. The highest BCUT2D eigenvalue weighted by Gasteiger charge is 2.26. The lowest BCUT2D eigenvalue weighted by atomic mass is 9.75. The largest absolute Gasteiger partial charge is 0.488 e. The van der Waals surface area contributed by atoms with Crippen LogP contribution in [0.2, 0.25) is 0 Å². The summed E-state index contributed by atoms with van der Waals surface area (Å²) in [7, 11) is -1.49. The Balaban J connectivity index is 2.53. The van der Waals surface area contributed by atoms with Gasteiger partial charge in [-0.3, -0.25) is 0 Å². The van der Waals surface area contributed by atoms with Gasteiger partial charge in [0.1, 0.15) is 0 Å². The molecule has 0 saturated heterocycles. The van der Waals surface area contributed by atoms with Gasteiger partial charge in [0.2, 0.25) is 0 Å². The molecule has 1 aliphatic carbocycles. The molecule has 0 heterocycles. The fourth-order valence-electron chi connectivity index (χ4n) is 1.80. The lowest BCUT2D eigenvalue weighted by Crippen LogP contribution is -2.33. The molecule has 4 heteroatoms. The standard InChI is InChI=1S/C11H12BNO2/c1-7-10(6-13)4-9(8-2-3-8)5-11(7)12(14)15/h4-5,8,14-15H,2-3H2,1H3. The summed E-state index contributed by atoms with van der Waals surface area (Å²) >= 11 is 0. The number of nitriles is 1. The Kier molecular flexibility index (Phi) is 2.51.